The van der Waals surface area contributed by atoms with Crippen LogP contribution < -0.4 is 5.32 Å². The van der Waals surface area contributed by atoms with Gasteiger partial charge in [-0.1, -0.05) is 37.1 Å². The molecule has 108 valence electrons. The summed E-state index contributed by atoms with van der Waals surface area (Å²) >= 11 is 0. The Kier molecular flexibility index (Phi) is 3.79. The van der Waals surface area contributed by atoms with Gasteiger partial charge in [0.15, 0.2) is 0 Å². The summed E-state index contributed by atoms with van der Waals surface area (Å²) in [5, 5.41) is 3.31. The highest BCUT2D eigenvalue weighted by molar-refractivity contribution is 5.85. The Morgan fingerprint density at radius 1 is 1.35 bits per heavy atom. The van der Waals surface area contributed by atoms with E-state index in [0.717, 1.165) is 25.7 Å². The molecular formula is C17H23NO2. The summed E-state index contributed by atoms with van der Waals surface area (Å²) in [6, 6.07) is 8.33. The maximum Gasteiger partial charge on any atom is 0.228 e. The van der Waals surface area contributed by atoms with Gasteiger partial charge in [-0.3, -0.25) is 4.79 Å². The van der Waals surface area contributed by atoms with E-state index in [1.54, 1.807) is 7.11 Å². The van der Waals surface area contributed by atoms with Crippen LogP contribution in [0.25, 0.3) is 0 Å². The number of hydrogen-bond acceptors (Lipinski definition) is 2. The molecule has 0 unspecified atom stereocenters. The molecule has 0 bridgehead atoms. The fourth-order valence-electron chi connectivity index (χ4n) is 3.81. The van der Waals surface area contributed by atoms with E-state index in [1.807, 2.05) is 6.07 Å². The van der Waals surface area contributed by atoms with Gasteiger partial charge in [-0.2, -0.15) is 0 Å². The smallest absolute Gasteiger partial charge is 0.228 e. The maximum atomic E-state index is 12.7. The highest BCUT2D eigenvalue weighted by atomic mass is 16.5. The van der Waals surface area contributed by atoms with Crippen molar-refractivity contribution in [1.82, 2.24) is 5.32 Å². The summed E-state index contributed by atoms with van der Waals surface area (Å²) < 4.78 is 5.35. The zero-order valence-electron chi connectivity index (χ0n) is 12.2. The molecule has 20 heavy (non-hydrogen) atoms. The second-order valence-corrected chi connectivity index (χ2v) is 6.20. The van der Waals surface area contributed by atoms with Crippen LogP contribution in [0.15, 0.2) is 24.3 Å². The fraction of sp³-hybridized carbons (Fsp3) is 0.588. The van der Waals surface area contributed by atoms with Crippen molar-refractivity contribution in [3.8, 4) is 0 Å². The molecule has 1 aromatic rings. The second-order valence-electron chi connectivity index (χ2n) is 6.20. The number of ether oxygens (including phenoxy) is 1. The molecular weight excluding hydrogens is 250 g/mol. The van der Waals surface area contributed by atoms with Gasteiger partial charge in [0.25, 0.3) is 0 Å². The number of hydrogen-bond donors (Lipinski definition) is 1. The summed E-state index contributed by atoms with van der Waals surface area (Å²) in [6.07, 6.45) is 6.41. The topological polar surface area (TPSA) is 38.3 Å². The van der Waals surface area contributed by atoms with Gasteiger partial charge in [0.05, 0.1) is 18.1 Å². The number of carbonyl (C=O) groups is 1. The van der Waals surface area contributed by atoms with Gasteiger partial charge in [-0.25, -0.2) is 0 Å². The van der Waals surface area contributed by atoms with Gasteiger partial charge >= 0.3 is 0 Å². The van der Waals surface area contributed by atoms with E-state index in [0.29, 0.717) is 6.61 Å². The first-order chi connectivity index (χ1) is 9.74. The van der Waals surface area contributed by atoms with E-state index in [-0.39, 0.29) is 17.4 Å². The fourth-order valence-corrected chi connectivity index (χ4v) is 3.81. The third-order valence-electron chi connectivity index (χ3n) is 4.82. The van der Waals surface area contributed by atoms with Gasteiger partial charge in [0.2, 0.25) is 5.91 Å². The minimum absolute atomic E-state index is 0.0283. The summed E-state index contributed by atoms with van der Waals surface area (Å²) in [5.41, 5.74) is 2.43. The molecule has 1 amide bonds. The van der Waals surface area contributed by atoms with Gasteiger partial charge in [0.1, 0.15) is 0 Å². The molecule has 1 atom stereocenters. The van der Waals surface area contributed by atoms with Crippen molar-refractivity contribution in [3.05, 3.63) is 35.4 Å². The number of aryl methyl sites for hydroxylation is 1. The van der Waals surface area contributed by atoms with Crippen molar-refractivity contribution >= 4 is 5.91 Å². The number of rotatable bonds is 4. The Bertz CT molecular complexity index is 492. The largest absolute Gasteiger partial charge is 0.382 e. The van der Waals surface area contributed by atoms with Gasteiger partial charge in [-0.05, 0) is 36.8 Å². The lowest BCUT2D eigenvalue weighted by Crippen LogP contribution is -2.51. The van der Waals surface area contributed by atoms with Crippen molar-refractivity contribution in [1.29, 1.82) is 0 Å². The predicted molar refractivity (Wildman–Crippen MR) is 78.7 cm³/mol. The number of fused-ring (bicyclic) bond motifs is 1. The Morgan fingerprint density at radius 3 is 2.85 bits per heavy atom. The standard InChI is InChI=1S/C17H23NO2/c1-20-12-17(10-4-5-11-17)18-16(19)15-9-8-13-6-2-3-7-14(13)15/h2-3,6-7,15H,4-5,8-12H2,1H3,(H,18,19)/t15-/m1/s1. The first kappa shape index (κ1) is 13.6. The molecule has 0 heterocycles. The van der Waals surface area contributed by atoms with E-state index in [1.165, 1.54) is 24.0 Å². The van der Waals surface area contributed by atoms with Gasteiger partial charge in [0, 0.05) is 7.11 Å². The second kappa shape index (κ2) is 5.57. The van der Waals surface area contributed by atoms with E-state index in [9.17, 15) is 4.79 Å². The SMILES string of the molecule is COCC1(NC(=O)[C@@H]2CCc3ccccc32)CCCC1. The summed E-state index contributed by atoms with van der Waals surface area (Å²) in [6.45, 7) is 0.632. The number of methoxy groups -OCH3 is 1. The third-order valence-corrected chi connectivity index (χ3v) is 4.82. The normalized spacial score (nSPS) is 23.6. The average Bonchev–Trinajstić information content (AvgIpc) is 3.06. The zero-order valence-corrected chi connectivity index (χ0v) is 12.2. The predicted octanol–water partition coefficient (Wildman–Crippen LogP) is 2.79. The molecule has 0 spiro atoms. The summed E-state index contributed by atoms with van der Waals surface area (Å²) in [5.74, 6) is 0.217. The van der Waals surface area contributed by atoms with Crippen LogP contribution in [-0.4, -0.2) is 25.2 Å². The Labute approximate surface area is 120 Å². The monoisotopic (exact) mass is 273 g/mol. The van der Waals surface area contributed by atoms with Gasteiger partial charge in [-0.15, -0.1) is 0 Å². The number of benzene rings is 1. The van der Waals surface area contributed by atoms with Gasteiger partial charge < -0.3 is 10.1 Å². The van der Waals surface area contributed by atoms with Crippen molar-refractivity contribution in [2.45, 2.75) is 50.0 Å². The maximum absolute atomic E-state index is 12.7. The lowest BCUT2D eigenvalue weighted by Gasteiger charge is -2.31. The third kappa shape index (κ3) is 2.47. The van der Waals surface area contributed by atoms with E-state index >= 15 is 0 Å². The summed E-state index contributed by atoms with van der Waals surface area (Å²) in [4.78, 5) is 12.7. The van der Waals surface area contributed by atoms with Crippen molar-refractivity contribution < 1.29 is 9.53 Å². The highest BCUT2D eigenvalue weighted by Gasteiger charge is 2.38. The van der Waals surface area contributed by atoms with E-state index in [2.05, 4.69) is 23.5 Å². The van der Waals surface area contributed by atoms with E-state index in [4.69, 9.17) is 4.74 Å². The van der Waals surface area contributed by atoms with Crippen LogP contribution in [0.2, 0.25) is 0 Å². The van der Waals surface area contributed by atoms with Crippen LogP contribution in [0, 0.1) is 0 Å². The molecule has 0 radical (unpaired) electrons. The molecule has 3 heteroatoms. The number of nitrogens with one attached hydrogen (secondary N) is 1. The molecule has 2 aliphatic carbocycles. The molecule has 1 fully saturated rings. The lowest BCUT2D eigenvalue weighted by atomic mass is 9.95. The first-order valence-electron chi connectivity index (χ1n) is 7.63. The van der Waals surface area contributed by atoms with Crippen molar-refractivity contribution in [3.63, 3.8) is 0 Å². The molecule has 1 aromatic carbocycles. The first-order valence-corrected chi connectivity index (χ1v) is 7.63. The lowest BCUT2D eigenvalue weighted by molar-refractivity contribution is -0.125. The molecule has 0 aromatic heterocycles. The molecule has 0 saturated heterocycles. The van der Waals surface area contributed by atoms with Crippen LogP contribution in [0.5, 0.6) is 0 Å². The molecule has 3 nitrogen and oxygen atoms in total. The number of amides is 1. The molecule has 1 saturated carbocycles. The van der Waals surface area contributed by atoms with Crippen LogP contribution in [-0.2, 0) is 16.0 Å². The summed E-state index contributed by atoms with van der Waals surface area (Å²) in [7, 11) is 1.72. The zero-order chi connectivity index (χ0) is 14.0. The van der Waals surface area contributed by atoms with Crippen LogP contribution in [0.1, 0.15) is 49.1 Å². The Morgan fingerprint density at radius 2 is 2.10 bits per heavy atom. The van der Waals surface area contributed by atoms with Crippen LogP contribution in [0.3, 0.4) is 0 Å². The van der Waals surface area contributed by atoms with Crippen molar-refractivity contribution in [2.75, 3.05) is 13.7 Å². The van der Waals surface area contributed by atoms with Crippen LogP contribution >= 0.6 is 0 Å². The van der Waals surface area contributed by atoms with E-state index < -0.39 is 0 Å². The Balaban J connectivity index is 1.74. The average molecular weight is 273 g/mol. The highest BCUT2D eigenvalue weighted by Crippen LogP contribution is 2.35. The number of carbonyl (C=O) groups excluding carboxylic acids is 1. The van der Waals surface area contributed by atoms with Crippen molar-refractivity contribution in [2.24, 2.45) is 0 Å². The molecule has 0 aliphatic heterocycles. The van der Waals surface area contributed by atoms with Crippen LogP contribution in [0.4, 0.5) is 0 Å². The Hall–Kier alpha value is -1.35. The molecule has 3 rings (SSSR count). The molecule has 2 aliphatic rings. The molecule has 1 N–H and O–H groups in total. The minimum Gasteiger partial charge on any atom is -0.382 e. The quantitative estimate of drug-likeness (QED) is 0.916. The minimum atomic E-state index is -0.122.